The second-order valence-electron chi connectivity index (χ2n) is 7.58. The van der Waals surface area contributed by atoms with E-state index in [4.69, 9.17) is 0 Å². The van der Waals surface area contributed by atoms with Crippen LogP contribution in [0.1, 0.15) is 65.3 Å². The second-order valence-corrected chi connectivity index (χ2v) is 8.67. The van der Waals surface area contributed by atoms with Gasteiger partial charge in [-0.3, -0.25) is 4.79 Å². The van der Waals surface area contributed by atoms with Gasteiger partial charge >= 0.3 is 5.97 Å². The van der Waals surface area contributed by atoms with Crippen LogP contribution in [0.25, 0.3) is 0 Å². The van der Waals surface area contributed by atoms with E-state index >= 15 is 0 Å². The molecule has 1 aliphatic heterocycles. The molecule has 0 spiro atoms. The number of carboxylic acid groups (broad SMARTS) is 1. The third-order valence-corrected chi connectivity index (χ3v) is 6.97. The van der Waals surface area contributed by atoms with Gasteiger partial charge in [0.05, 0.1) is 10.7 Å². The number of hydrogen-bond acceptors (Lipinski definition) is 4. The number of aliphatic carboxylic acids is 1. The van der Waals surface area contributed by atoms with Crippen molar-refractivity contribution in [3.63, 3.8) is 0 Å². The molecule has 5 nitrogen and oxygen atoms in total. The Kier molecular flexibility index (Phi) is 4.11. The summed E-state index contributed by atoms with van der Waals surface area (Å²) in [6.07, 6.45) is 8.33. The lowest BCUT2D eigenvalue weighted by Crippen LogP contribution is -2.46. The molecule has 0 aromatic carbocycles. The molecular formula is C18H24N2O3S. The number of thiazole rings is 1. The van der Waals surface area contributed by atoms with Gasteiger partial charge in [0.25, 0.3) is 5.91 Å². The molecule has 1 saturated heterocycles. The van der Waals surface area contributed by atoms with E-state index in [9.17, 15) is 14.7 Å². The van der Waals surface area contributed by atoms with Crippen LogP contribution in [0.2, 0.25) is 0 Å². The van der Waals surface area contributed by atoms with Crippen molar-refractivity contribution >= 4 is 23.2 Å². The van der Waals surface area contributed by atoms with Crippen molar-refractivity contribution in [1.82, 2.24) is 9.88 Å². The van der Waals surface area contributed by atoms with Gasteiger partial charge in [-0.25, -0.2) is 9.78 Å². The fourth-order valence-corrected chi connectivity index (χ4v) is 5.52. The van der Waals surface area contributed by atoms with Crippen molar-refractivity contribution in [3.8, 4) is 0 Å². The Hall–Kier alpha value is -1.43. The number of hydrogen-bond donors (Lipinski definition) is 1. The molecule has 2 heterocycles. The van der Waals surface area contributed by atoms with Crippen molar-refractivity contribution in [3.05, 3.63) is 15.6 Å². The van der Waals surface area contributed by atoms with Crippen LogP contribution in [0.15, 0.2) is 0 Å². The molecule has 3 aliphatic rings. The van der Waals surface area contributed by atoms with Crippen molar-refractivity contribution in [2.45, 2.75) is 70.4 Å². The van der Waals surface area contributed by atoms with E-state index in [1.807, 2.05) is 6.92 Å². The summed E-state index contributed by atoms with van der Waals surface area (Å²) in [5.41, 5.74) is 0.768. The van der Waals surface area contributed by atoms with Gasteiger partial charge < -0.3 is 10.0 Å². The van der Waals surface area contributed by atoms with Gasteiger partial charge in [-0.15, -0.1) is 11.3 Å². The summed E-state index contributed by atoms with van der Waals surface area (Å²) in [6.45, 7) is 1.88. The topological polar surface area (TPSA) is 70.5 Å². The zero-order valence-electron chi connectivity index (χ0n) is 14.0. The van der Waals surface area contributed by atoms with Gasteiger partial charge in [0.15, 0.2) is 0 Å². The molecule has 1 aromatic rings. The predicted molar refractivity (Wildman–Crippen MR) is 91.2 cm³/mol. The van der Waals surface area contributed by atoms with E-state index in [-0.39, 0.29) is 11.9 Å². The maximum atomic E-state index is 13.2. The van der Waals surface area contributed by atoms with Gasteiger partial charge in [0, 0.05) is 12.5 Å². The lowest BCUT2D eigenvalue weighted by Gasteiger charge is -2.32. The number of rotatable bonds is 4. The average Bonchev–Trinajstić information content (AvgIpc) is 3.16. The minimum absolute atomic E-state index is 0.0979. The predicted octanol–water partition coefficient (Wildman–Crippen LogP) is 3.26. The standard InChI is InChI=1S/C18H24N2O3S/c1-10-16(24-15(19-10)8-11-6-7-11)17(21)20-13-5-3-2-4-12(13)9-14(20)18(22)23/h11-14H,2-9H2,1H3,(H,22,23). The fraction of sp³-hybridized carbons (Fsp3) is 0.722. The SMILES string of the molecule is Cc1nc(CC2CC2)sc1C(=O)N1C(C(=O)O)CC2CCCCC21. The number of aromatic nitrogens is 1. The molecule has 0 radical (unpaired) electrons. The normalized spacial score (nSPS) is 29.5. The number of carbonyl (C=O) groups is 2. The Morgan fingerprint density at radius 1 is 1.25 bits per heavy atom. The number of likely N-dealkylation sites (tertiary alicyclic amines) is 1. The quantitative estimate of drug-likeness (QED) is 0.906. The number of nitrogens with zero attached hydrogens (tertiary/aromatic N) is 2. The monoisotopic (exact) mass is 348 g/mol. The number of amides is 1. The minimum atomic E-state index is -0.863. The third kappa shape index (κ3) is 2.85. The van der Waals surface area contributed by atoms with Crippen LogP contribution in [0.5, 0.6) is 0 Å². The van der Waals surface area contributed by atoms with E-state index < -0.39 is 12.0 Å². The summed E-state index contributed by atoms with van der Waals surface area (Å²) in [7, 11) is 0. The highest BCUT2D eigenvalue weighted by Crippen LogP contribution is 2.41. The van der Waals surface area contributed by atoms with Crippen LogP contribution >= 0.6 is 11.3 Å². The number of aryl methyl sites for hydroxylation is 1. The van der Waals surface area contributed by atoms with Crippen molar-refractivity contribution in [1.29, 1.82) is 0 Å². The van der Waals surface area contributed by atoms with Gasteiger partial charge in [-0.2, -0.15) is 0 Å². The highest BCUT2D eigenvalue weighted by Gasteiger charge is 2.48. The molecule has 1 N–H and O–H groups in total. The van der Waals surface area contributed by atoms with Crippen LogP contribution in [-0.4, -0.2) is 39.0 Å². The Morgan fingerprint density at radius 2 is 2.00 bits per heavy atom. The van der Waals surface area contributed by atoms with Crippen molar-refractivity contribution in [2.75, 3.05) is 0 Å². The van der Waals surface area contributed by atoms with Crippen LogP contribution in [0.3, 0.4) is 0 Å². The van der Waals surface area contributed by atoms with E-state index in [1.165, 1.54) is 24.2 Å². The number of fused-ring (bicyclic) bond motifs is 1. The van der Waals surface area contributed by atoms with Crippen LogP contribution < -0.4 is 0 Å². The lowest BCUT2D eigenvalue weighted by atomic mass is 9.85. The smallest absolute Gasteiger partial charge is 0.326 e. The third-order valence-electron chi connectivity index (χ3n) is 5.80. The average molecular weight is 348 g/mol. The fourth-order valence-electron chi connectivity index (χ4n) is 4.40. The molecule has 0 bridgehead atoms. The molecule has 1 aromatic heterocycles. The Labute approximate surface area is 146 Å². The van der Waals surface area contributed by atoms with E-state index in [1.54, 1.807) is 4.90 Å². The van der Waals surface area contributed by atoms with E-state index in [0.717, 1.165) is 48.7 Å². The molecule has 2 aliphatic carbocycles. The summed E-state index contributed by atoms with van der Waals surface area (Å²) >= 11 is 1.48. The summed E-state index contributed by atoms with van der Waals surface area (Å²) in [5.74, 6) is 0.120. The second kappa shape index (κ2) is 6.14. The van der Waals surface area contributed by atoms with Gasteiger partial charge in [-0.05, 0) is 50.9 Å². The highest BCUT2D eigenvalue weighted by atomic mass is 32.1. The van der Waals surface area contributed by atoms with Crippen molar-refractivity contribution in [2.24, 2.45) is 11.8 Å². The minimum Gasteiger partial charge on any atom is -0.480 e. The first-order chi connectivity index (χ1) is 11.5. The Balaban J connectivity index is 1.61. The summed E-state index contributed by atoms with van der Waals surface area (Å²) in [5, 5.41) is 10.7. The molecule has 130 valence electrons. The highest BCUT2D eigenvalue weighted by molar-refractivity contribution is 7.13. The van der Waals surface area contributed by atoms with Crippen molar-refractivity contribution < 1.29 is 14.7 Å². The van der Waals surface area contributed by atoms with E-state index in [0.29, 0.717) is 17.2 Å². The van der Waals surface area contributed by atoms with Gasteiger partial charge in [0.2, 0.25) is 0 Å². The molecule has 1 amide bonds. The Morgan fingerprint density at radius 3 is 2.71 bits per heavy atom. The van der Waals surface area contributed by atoms with Crippen LogP contribution in [-0.2, 0) is 11.2 Å². The number of carbonyl (C=O) groups excluding carboxylic acids is 1. The first kappa shape index (κ1) is 16.1. The van der Waals surface area contributed by atoms with Crippen LogP contribution in [0, 0.1) is 18.8 Å². The van der Waals surface area contributed by atoms with Gasteiger partial charge in [0.1, 0.15) is 10.9 Å². The lowest BCUT2D eigenvalue weighted by molar-refractivity contribution is -0.141. The molecule has 3 atom stereocenters. The van der Waals surface area contributed by atoms with Crippen LogP contribution in [0.4, 0.5) is 0 Å². The summed E-state index contributed by atoms with van der Waals surface area (Å²) in [6, 6.07) is -0.570. The summed E-state index contributed by atoms with van der Waals surface area (Å²) in [4.78, 5) is 31.8. The first-order valence-corrected chi connectivity index (χ1v) is 9.88. The molecule has 3 unspecified atom stereocenters. The Bertz CT molecular complexity index is 667. The zero-order chi connectivity index (χ0) is 16.8. The zero-order valence-corrected chi connectivity index (χ0v) is 14.8. The number of carboxylic acids is 1. The maximum Gasteiger partial charge on any atom is 0.326 e. The first-order valence-electron chi connectivity index (χ1n) is 9.06. The molecule has 3 fully saturated rings. The van der Waals surface area contributed by atoms with E-state index in [2.05, 4.69) is 4.98 Å². The maximum absolute atomic E-state index is 13.2. The van der Waals surface area contributed by atoms with Gasteiger partial charge in [-0.1, -0.05) is 12.8 Å². The largest absolute Gasteiger partial charge is 0.480 e. The molecule has 2 saturated carbocycles. The molecule has 6 heteroatoms. The molecular weight excluding hydrogens is 324 g/mol. The summed E-state index contributed by atoms with van der Waals surface area (Å²) < 4.78 is 0. The molecule has 4 rings (SSSR count). The molecule has 24 heavy (non-hydrogen) atoms.